The molecule has 0 spiro atoms. The molecule has 1 aromatic carbocycles. The van der Waals surface area contributed by atoms with Crippen LogP contribution in [0.5, 0.6) is 0 Å². The quantitative estimate of drug-likeness (QED) is 0.597. The van der Waals surface area contributed by atoms with Gasteiger partial charge in [0.1, 0.15) is 12.4 Å². The molecular formula is C12H10N6O2. The molecule has 1 aliphatic rings. The van der Waals surface area contributed by atoms with Gasteiger partial charge in [0.15, 0.2) is 5.82 Å². The minimum absolute atomic E-state index is 0.0783. The highest BCUT2D eigenvalue weighted by atomic mass is 16.6. The molecule has 0 saturated heterocycles. The van der Waals surface area contributed by atoms with Crippen LogP contribution in [0.15, 0.2) is 24.5 Å². The van der Waals surface area contributed by atoms with E-state index in [0.29, 0.717) is 24.3 Å². The van der Waals surface area contributed by atoms with Crippen molar-refractivity contribution in [1.82, 2.24) is 14.8 Å². The van der Waals surface area contributed by atoms with Gasteiger partial charge in [-0.05, 0) is 6.07 Å². The Labute approximate surface area is 114 Å². The zero-order valence-electron chi connectivity index (χ0n) is 10.4. The standard InChI is InChI=1S/C12H10N6O2/c13-6-9-5-10(18(19)20)1-2-11(9)16-3-4-17-8-14-15-12(17)7-16/h1-2,5,8H,3-4,7H2. The molecule has 0 unspecified atom stereocenters. The third-order valence-electron chi connectivity index (χ3n) is 3.29. The van der Waals surface area contributed by atoms with Crippen LogP contribution < -0.4 is 4.90 Å². The fourth-order valence-electron chi connectivity index (χ4n) is 2.27. The van der Waals surface area contributed by atoms with Gasteiger partial charge in [0.05, 0.1) is 22.7 Å². The van der Waals surface area contributed by atoms with Crippen LogP contribution in [0, 0.1) is 21.4 Å². The summed E-state index contributed by atoms with van der Waals surface area (Å²) in [5.74, 6) is 0.818. The molecule has 0 fully saturated rings. The molecule has 2 heterocycles. The topological polar surface area (TPSA) is 101 Å². The predicted octanol–water partition coefficient (Wildman–Crippen LogP) is 1.08. The van der Waals surface area contributed by atoms with E-state index < -0.39 is 4.92 Å². The molecule has 1 aliphatic heterocycles. The summed E-state index contributed by atoms with van der Waals surface area (Å²) < 4.78 is 1.95. The van der Waals surface area contributed by atoms with Crippen molar-refractivity contribution in [3.05, 3.63) is 46.0 Å². The monoisotopic (exact) mass is 270 g/mol. The second kappa shape index (κ2) is 4.62. The predicted molar refractivity (Wildman–Crippen MR) is 68.9 cm³/mol. The highest BCUT2D eigenvalue weighted by Gasteiger charge is 2.21. The number of benzene rings is 1. The molecule has 0 N–H and O–H groups in total. The van der Waals surface area contributed by atoms with Gasteiger partial charge in [-0.25, -0.2) is 0 Å². The number of nitro benzene ring substituents is 1. The second-order valence-electron chi connectivity index (χ2n) is 4.43. The molecule has 1 aromatic heterocycles. The smallest absolute Gasteiger partial charge is 0.270 e. The van der Waals surface area contributed by atoms with E-state index in [1.54, 1.807) is 12.4 Å². The zero-order valence-corrected chi connectivity index (χ0v) is 10.4. The number of nitro groups is 1. The lowest BCUT2D eigenvalue weighted by Gasteiger charge is -2.29. The lowest BCUT2D eigenvalue weighted by molar-refractivity contribution is -0.384. The van der Waals surface area contributed by atoms with E-state index >= 15 is 0 Å². The highest BCUT2D eigenvalue weighted by molar-refractivity contribution is 5.63. The summed E-state index contributed by atoms with van der Waals surface area (Å²) in [4.78, 5) is 12.2. The van der Waals surface area contributed by atoms with Crippen molar-refractivity contribution in [2.24, 2.45) is 0 Å². The van der Waals surface area contributed by atoms with E-state index in [2.05, 4.69) is 10.2 Å². The number of nitrogens with zero attached hydrogens (tertiary/aromatic N) is 6. The highest BCUT2D eigenvalue weighted by Crippen LogP contribution is 2.27. The summed E-state index contributed by atoms with van der Waals surface area (Å²) in [6, 6.07) is 6.34. The first-order valence-electron chi connectivity index (χ1n) is 5.99. The molecule has 20 heavy (non-hydrogen) atoms. The first-order chi connectivity index (χ1) is 9.69. The summed E-state index contributed by atoms with van der Waals surface area (Å²) >= 11 is 0. The van der Waals surface area contributed by atoms with Crippen LogP contribution in [0.25, 0.3) is 0 Å². The number of hydrogen-bond donors (Lipinski definition) is 0. The van der Waals surface area contributed by atoms with Crippen LogP contribution in [0.1, 0.15) is 11.4 Å². The number of aromatic nitrogens is 3. The Morgan fingerprint density at radius 1 is 1.40 bits per heavy atom. The van der Waals surface area contributed by atoms with Crippen molar-refractivity contribution < 1.29 is 4.92 Å². The third kappa shape index (κ3) is 1.95. The molecule has 100 valence electrons. The minimum atomic E-state index is -0.503. The molecule has 0 aliphatic carbocycles. The number of hydrogen-bond acceptors (Lipinski definition) is 6. The van der Waals surface area contributed by atoms with E-state index in [4.69, 9.17) is 0 Å². The molecule has 0 amide bonds. The van der Waals surface area contributed by atoms with Crippen molar-refractivity contribution in [3.63, 3.8) is 0 Å². The van der Waals surface area contributed by atoms with Crippen molar-refractivity contribution in [3.8, 4) is 6.07 Å². The lowest BCUT2D eigenvalue weighted by Crippen LogP contribution is -2.34. The van der Waals surface area contributed by atoms with E-state index in [1.807, 2.05) is 15.5 Å². The Balaban J connectivity index is 1.95. The average molecular weight is 270 g/mol. The number of fused-ring (bicyclic) bond motifs is 1. The molecule has 8 nitrogen and oxygen atoms in total. The van der Waals surface area contributed by atoms with Crippen molar-refractivity contribution in [2.75, 3.05) is 11.4 Å². The molecule has 8 heteroatoms. The molecule has 0 bridgehead atoms. The van der Waals surface area contributed by atoms with Crippen LogP contribution in [-0.4, -0.2) is 26.2 Å². The minimum Gasteiger partial charge on any atom is -0.361 e. The molecule has 0 saturated carbocycles. The molecule has 0 atom stereocenters. The zero-order chi connectivity index (χ0) is 14.1. The summed E-state index contributed by atoms with van der Waals surface area (Å²) in [5, 5.41) is 27.8. The Morgan fingerprint density at radius 3 is 3.00 bits per heavy atom. The Hall–Kier alpha value is -2.95. The van der Waals surface area contributed by atoms with Crippen LogP contribution >= 0.6 is 0 Å². The van der Waals surface area contributed by atoms with E-state index in [-0.39, 0.29) is 5.69 Å². The first-order valence-corrected chi connectivity index (χ1v) is 5.99. The lowest BCUT2D eigenvalue weighted by atomic mass is 10.1. The van der Waals surface area contributed by atoms with Gasteiger partial charge in [-0.1, -0.05) is 0 Å². The van der Waals surface area contributed by atoms with Gasteiger partial charge in [0.2, 0.25) is 0 Å². The number of nitriles is 1. The number of non-ortho nitro benzene ring substituents is 1. The fraction of sp³-hybridized carbons (Fsp3) is 0.250. The maximum absolute atomic E-state index is 10.7. The Kier molecular flexibility index (Phi) is 2.80. The van der Waals surface area contributed by atoms with E-state index in [9.17, 15) is 15.4 Å². The summed E-state index contributed by atoms with van der Waals surface area (Å²) in [6.07, 6.45) is 1.67. The molecule has 0 radical (unpaired) electrons. The summed E-state index contributed by atoms with van der Waals surface area (Å²) in [7, 11) is 0. The van der Waals surface area contributed by atoms with Gasteiger partial charge in [-0.15, -0.1) is 10.2 Å². The molecule has 2 aromatic rings. The Morgan fingerprint density at radius 2 is 2.25 bits per heavy atom. The van der Waals surface area contributed by atoms with Crippen LogP contribution in [0.4, 0.5) is 11.4 Å². The third-order valence-corrected chi connectivity index (χ3v) is 3.29. The maximum Gasteiger partial charge on any atom is 0.270 e. The summed E-state index contributed by atoms with van der Waals surface area (Å²) in [6.45, 7) is 1.97. The number of rotatable bonds is 2. The van der Waals surface area contributed by atoms with Gasteiger partial charge in [-0.3, -0.25) is 10.1 Å². The van der Waals surface area contributed by atoms with Crippen LogP contribution in [0.3, 0.4) is 0 Å². The SMILES string of the molecule is N#Cc1cc([N+](=O)[O-])ccc1N1CCn2cnnc2C1. The van der Waals surface area contributed by atoms with Gasteiger partial charge < -0.3 is 9.47 Å². The fourth-order valence-corrected chi connectivity index (χ4v) is 2.27. The van der Waals surface area contributed by atoms with Gasteiger partial charge >= 0.3 is 0 Å². The van der Waals surface area contributed by atoms with Crippen LogP contribution in [-0.2, 0) is 13.1 Å². The van der Waals surface area contributed by atoms with Gasteiger partial charge in [-0.2, -0.15) is 5.26 Å². The normalized spacial score (nSPS) is 13.7. The Bertz CT molecular complexity index is 717. The van der Waals surface area contributed by atoms with Gasteiger partial charge in [0.25, 0.3) is 5.69 Å². The number of anilines is 1. The second-order valence-corrected chi connectivity index (χ2v) is 4.43. The van der Waals surface area contributed by atoms with Crippen molar-refractivity contribution in [1.29, 1.82) is 5.26 Å². The molecular weight excluding hydrogens is 260 g/mol. The van der Waals surface area contributed by atoms with Crippen molar-refractivity contribution in [2.45, 2.75) is 13.1 Å². The van der Waals surface area contributed by atoms with E-state index in [0.717, 1.165) is 12.4 Å². The maximum atomic E-state index is 10.7. The summed E-state index contributed by atoms with van der Waals surface area (Å²) in [5.41, 5.74) is 0.907. The first kappa shape index (κ1) is 12.1. The average Bonchev–Trinajstić information content (AvgIpc) is 2.93. The van der Waals surface area contributed by atoms with Crippen molar-refractivity contribution >= 4 is 11.4 Å². The van der Waals surface area contributed by atoms with Gasteiger partial charge in [0, 0.05) is 25.2 Å². The largest absolute Gasteiger partial charge is 0.361 e. The van der Waals surface area contributed by atoms with E-state index in [1.165, 1.54) is 12.1 Å². The van der Waals surface area contributed by atoms with Crippen LogP contribution in [0.2, 0.25) is 0 Å². The molecule has 3 rings (SSSR count).